The summed E-state index contributed by atoms with van der Waals surface area (Å²) in [6.07, 6.45) is 1.41. The second kappa shape index (κ2) is 6.78. The summed E-state index contributed by atoms with van der Waals surface area (Å²) in [5.74, 6) is 0.552. The molecule has 0 N–H and O–H groups in total. The van der Waals surface area contributed by atoms with Crippen molar-refractivity contribution in [1.82, 2.24) is 9.88 Å². The summed E-state index contributed by atoms with van der Waals surface area (Å²) < 4.78 is 5.28. The fourth-order valence-corrected chi connectivity index (χ4v) is 2.19. The maximum absolute atomic E-state index is 12.4. The summed E-state index contributed by atoms with van der Waals surface area (Å²) in [6, 6.07) is 9.06. The number of ether oxygens (including phenoxy) is 1. The smallest absolute Gasteiger partial charge is 0.255 e. The maximum atomic E-state index is 12.4. The van der Waals surface area contributed by atoms with Crippen LogP contribution < -0.4 is 4.74 Å². The zero-order valence-corrected chi connectivity index (χ0v) is 13.1. The lowest BCUT2D eigenvalue weighted by atomic mass is 10.1. The van der Waals surface area contributed by atoms with Crippen molar-refractivity contribution in [2.75, 3.05) is 14.2 Å². The van der Waals surface area contributed by atoms with Gasteiger partial charge in [-0.15, -0.1) is 0 Å². The third kappa shape index (κ3) is 3.65. The fourth-order valence-electron chi connectivity index (χ4n) is 1.92. The van der Waals surface area contributed by atoms with Gasteiger partial charge in [0.15, 0.2) is 0 Å². The van der Waals surface area contributed by atoms with Crippen molar-refractivity contribution in [3.63, 3.8) is 0 Å². The molecule has 1 aromatic heterocycles. The largest absolute Gasteiger partial charge is 0.496 e. The number of para-hydroxylation sites is 1. The van der Waals surface area contributed by atoms with Gasteiger partial charge < -0.3 is 9.64 Å². The monoisotopic (exact) mass is 324 g/mol. The van der Waals surface area contributed by atoms with E-state index in [1.807, 2.05) is 24.3 Å². The van der Waals surface area contributed by atoms with Gasteiger partial charge in [-0.05, 0) is 12.1 Å². The molecule has 1 heterocycles. The van der Waals surface area contributed by atoms with Gasteiger partial charge >= 0.3 is 0 Å². The normalized spacial score (nSPS) is 10.3. The van der Waals surface area contributed by atoms with Gasteiger partial charge in [0, 0.05) is 25.4 Å². The molecule has 0 atom stereocenters. The summed E-state index contributed by atoms with van der Waals surface area (Å²) >= 11 is 11.6. The molecule has 6 heteroatoms. The summed E-state index contributed by atoms with van der Waals surface area (Å²) in [5.41, 5.74) is 1.31. The molecule has 2 rings (SSSR count). The Hall–Kier alpha value is -1.78. The Labute approximate surface area is 133 Å². The lowest BCUT2D eigenvalue weighted by Gasteiger charge is -2.19. The first-order valence-corrected chi connectivity index (χ1v) is 6.97. The number of rotatable bonds is 4. The van der Waals surface area contributed by atoms with Crippen LogP contribution in [0.15, 0.2) is 36.5 Å². The van der Waals surface area contributed by atoms with Gasteiger partial charge in [-0.25, -0.2) is 4.98 Å². The second-order valence-corrected chi connectivity index (χ2v) is 5.23. The Bertz CT molecular complexity index is 662. The van der Waals surface area contributed by atoms with Crippen LogP contribution in [0.2, 0.25) is 10.2 Å². The quantitative estimate of drug-likeness (QED) is 0.806. The Morgan fingerprint density at radius 1 is 1.33 bits per heavy atom. The van der Waals surface area contributed by atoms with E-state index in [1.54, 1.807) is 19.1 Å². The van der Waals surface area contributed by atoms with E-state index in [2.05, 4.69) is 4.98 Å². The van der Waals surface area contributed by atoms with Gasteiger partial charge in [-0.3, -0.25) is 4.79 Å². The average Bonchev–Trinajstić information content (AvgIpc) is 2.49. The summed E-state index contributed by atoms with van der Waals surface area (Å²) in [6.45, 7) is 0.420. The molecule has 0 fully saturated rings. The van der Waals surface area contributed by atoms with E-state index in [1.165, 1.54) is 12.3 Å². The summed E-state index contributed by atoms with van der Waals surface area (Å²) in [7, 11) is 3.31. The van der Waals surface area contributed by atoms with Gasteiger partial charge in [-0.2, -0.15) is 0 Å². The number of nitrogens with zero attached hydrogens (tertiary/aromatic N) is 2. The molecule has 4 nitrogen and oxygen atoms in total. The number of pyridine rings is 1. The van der Waals surface area contributed by atoms with Crippen LogP contribution in [-0.4, -0.2) is 29.9 Å². The number of aromatic nitrogens is 1. The molecule has 0 bridgehead atoms. The van der Waals surface area contributed by atoms with Crippen LogP contribution >= 0.6 is 23.2 Å². The van der Waals surface area contributed by atoms with E-state index < -0.39 is 0 Å². The third-order valence-corrected chi connectivity index (χ3v) is 3.68. The van der Waals surface area contributed by atoms with Crippen LogP contribution in [0.5, 0.6) is 5.75 Å². The van der Waals surface area contributed by atoms with E-state index in [0.29, 0.717) is 12.1 Å². The molecular formula is C15H14Cl2N2O2. The first-order chi connectivity index (χ1) is 10.0. The van der Waals surface area contributed by atoms with Gasteiger partial charge in [0.05, 0.1) is 17.7 Å². The number of carbonyl (C=O) groups is 1. The van der Waals surface area contributed by atoms with Crippen molar-refractivity contribution in [2.24, 2.45) is 0 Å². The highest BCUT2D eigenvalue weighted by molar-refractivity contribution is 6.41. The number of methoxy groups -OCH3 is 1. The van der Waals surface area contributed by atoms with Crippen molar-refractivity contribution >= 4 is 29.1 Å². The molecule has 1 aromatic carbocycles. The summed E-state index contributed by atoms with van der Waals surface area (Å²) in [4.78, 5) is 17.8. The predicted octanol–water partition coefficient (Wildman–Crippen LogP) is 3.67. The van der Waals surface area contributed by atoms with E-state index in [-0.39, 0.29) is 16.1 Å². The number of carbonyl (C=O) groups excluding carboxylic acids is 1. The lowest BCUT2D eigenvalue weighted by molar-refractivity contribution is 0.0784. The highest BCUT2D eigenvalue weighted by Crippen LogP contribution is 2.22. The lowest BCUT2D eigenvalue weighted by Crippen LogP contribution is -2.26. The highest BCUT2D eigenvalue weighted by Gasteiger charge is 2.15. The number of halogens is 2. The van der Waals surface area contributed by atoms with Crippen molar-refractivity contribution in [2.45, 2.75) is 6.54 Å². The van der Waals surface area contributed by atoms with Crippen LogP contribution in [0, 0.1) is 0 Å². The fraction of sp³-hybridized carbons (Fsp3) is 0.200. The van der Waals surface area contributed by atoms with Gasteiger partial charge in [0.25, 0.3) is 5.91 Å². The van der Waals surface area contributed by atoms with Crippen LogP contribution in [-0.2, 0) is 6.54 Å². The molecule has 1 amide bonds. The highest BCUT2D eigenvalue weighted by atomic mass is 35.5. The first kappa shape index (κ1) is 15.6. The minimum absolute atomic E-state index is 0.181. The standard InChI is InChI=1S/C15H14Cl2N2O2/c1-19(9-10-5-3-4-6-13(10)21-2)15(20)11-7-12(16)14(17)18-8-11/h3-8H,9H2,1-2H3. The van der Waals surface area contributed by atoms with E-state index >= 15 is 0 Å². The molecule has 110 valence electrons. The molecule has 0 spiro atoms. The molecule has 0 radical (unpaired) electrons. The van der Waals surface area contributed by atoms with Gasteiger partial charge in [-0.1, -0.05) is 41.4 Å². The molecule has 0 aliphatic heterocycles. The van der Waals surface area contributed by atoms with Crippen molar-refractivity contribution in [1.29, 1.82) is 0 Å². The number of benzene rings is 1. The Morgan fingerprint density at radius 3 is 2.71 bits per heavy atom. The van der Waals surface area contributed by atoms with Crippen molar-refractivity contribution in [3.8, 4) is 5.75 Å². The Kier molecular flexibility index (Phi) is 5.04. The zero-order valence-electron chi connectivity index (χ0n) is 11.6. The first-order valence-electron chi connectivity index (χ1n) is 6.21. The molecule has 0 saturated carbocycles. The van der Waals surface area contributed by atoms with E-state index in [4.69, 9.17) is 27.9 Å². The van der Waals surface area contributed by atoms with Gasteiger partial charge in [0.1, 0.15) is 10.9 Å². The third-order valence-electron chi connectivity index (χ3n) is 2.99. The summed E-state index contributed by atoms with van der Waals surface area (Å²) in [5, 5.41) is 0.439. The maximum Gasteiger partial charge on any atom is 0.255 e. The Balaban J connectivity index is 2.17. The van der Waals surface area contributed by atoms with Crippen LogP contribution in [0.25, 0.3) is 0 Å². The molecule has 0 aliphatic rings. The van der Waals surface area contributed by atoms with Crippen LogP contribution in [0.1, 0.15) is 15.9 Å². The van der Waals surface area contributed by atoms with Crippen molar-refractivity contribution < 1.29 is 9.53 Å². The number of hydrogen-bond donors (Lipinski definition) is 0. The number of amides is 1. The predicted molar refractivity (Wildman–Crippen MR) is 83.0 cm³/mol. The SMILES string of the molecule is COc1ccccc1CN(C)C(=O)c1cnc(Cl)c(Cl)c1. The topological polar surface area (TPSA) is 42.4 Å². The second-order valence-electron chi connectivity index (χ2n) is 4.47. The van der Waals surface area contributed by atoms with E-state index in [0.717, 1.165) is 11.3 Å². The molecule has 21 heavy (non-hydrogen) atoms. The average molecular weight is 325 g/mol. The molecule has 0 saturated heterocycles. The Morgan fingerprint density at radius 2 is 2.05 bits per heavy atom. The zero-order chi connectivity index (χ0) is 15.4. The molecule has 0 unspecified atom stereocenters. The molecule has 0 aliphatic carbocycles. The van der Waals surface area contributed by atoms with Crippen molar-refractivity contribution in [3.05, 3.63) is 57.8 Å². The number of hydrogen-bond acceptors (Lipinski definition) is 3. The van der Waals surface area contributed by atoms with E-state index in [9.17, 15) is 4.79 Å². The minimum Gasteiger partial charge on any atom is -0.496 e. The molecular weight excluding hydrogens is 311 g/mol. The molecule has 2 aromatic rings. The van der Waals surface area contributed by atoms with Gasteiger partial charge in [0.2, 0.25) is 0 Å². The van der Waals surface area contributed by atoms with Crippen LogP contribution in [0.4, 0.5) is 0 Å². The van der Waals surface area contributed by atoms with Crippen LogP contribution in [0.3, 0.4) is 0 Å². The minimum atomic E-state index is -0.188.